The Labute approximate surface area is 135 Å². The summed E-state index contributed by atoms with van der Waals surface area (Å²) in [5, 5.41) is 2.91. The molecule has 5 nitrogen and oxygen atoms in total. The van der Waals surface area contributed by atoms with Crippen LogP contribution >= 0.6 is 0 Å². The molecule has 0 bridgehead atoms. The van der Waals surface area contributed by atoms with Crippen LogP contribution < -0.4 is 19.5 Å². The highest BCUT2D eigenvalue weighted by atomic mass is 16.7. The van der Waals surface area contributed by atoms with Gasteiger partial charge < -0.3 is 19.5 Å². The van der Waals surface area contributed by atoms with E-state index in [9.17, 15) is 4.79 Å². The Morgan fingerprint density at radius 2 is 1.91 bits per heavy atom. The predicted molar refractivity (Wildman–Crippen MR) is 85.8 cm³/mol. The number of nitrogens with one attached hydrogen (secondary N) is 1. The van der Waals surface area contributed by atoms with E-state index in [0.29, 0.717) is 11.5 Å². The fourth-order valence-electron chi connectivity index (χ4n) is 2.33. The van der Waals surface area contributed by atoms with Gasteiger partial charge in [-0.2, -0.15) is 0 Å². The van der Waals surface area contributed by atoms with Crippen LogP contribution in [-0.4, -0.2) is 19.3 Å². The van der Waals surface area contributed by atoms with Crippen molar-refractivity contribution in [1.29, 1.82) is 0 Å². The second kappa shape index (κ2) is 6.60. The first kappa shape index (κ1) is 15.2. The molecular formula is C18H19NO4. The molecule has 1 heterocycles. The Balaban J connectivity index is 1.54. The zero-order valence-electron chi connectivity index (χ0n) is 13.2. The molecule has 1 atom stereocenters. The maximum absolute atomic E-state index is 12.0. The van der Waals surface area contributed by atoms with Crippen molar-refractivity contribution in [2.75, 3.05) is 13.4 Å². The summed E-state index contributed by atoms with van der Waals surface area (Å²) >= 11 is 0. The molecule has 0 aromatic heterocycles. The second-order valence-corrected chi connectivity index (χ2v) is 5.50. The van der Waals surface area contributed by atoms with Crippen LogP contribution in [0.5, 0.6) is 17.2 Å². The molecule has 1 N–H and O–H groups in total. The van der Waals surface area contributed by atoms with E-state index in [0.717, 1.165) is 16.9 Å². The monoisotopic (exact) mass is 313 g/mol. The quantitative estimate of drug-likeness (QED) is 0.922. The molecule has 0 radical (unpaired) electrons. The van der Waals surface area contributed by atoms with Crippen LogP contribution in [0.2, 0.25) is 0 Å². The van der Waals surface area contributed by atoms with Crippen molar-refractivity contribution in [3.8, 4) is 17.2 Å². The van der Waals surface area contributed by atoms with E-state index in [1.807, 2.05) is 56.3 Å². The van der Waals surface area contributed by atoms with Crippen LogP contribution in [-0.2, 0) is 4.79 Å². The van der Waals surface area contributed by atoms with Gasteiger partial charge in [0.05, 0.1) is 6.04 Å². The molecule has 2 aromatic carbocycles. The molecule has 0 saturated heterocycles. The second-order valence-electron chi connectivity index (χ2n) is 5.50. The third-order valence-electron chi connectivity index (χ3n) is 3.67. The van der Waals surface area contributed by atoms with Crippen LogP contribution in [0, 0.1) is 6.92 Å². The number of aryl methyl sites for hydroxylation is 1. The molecule has 1 amide bonds. The molecule has 2 aromatic rings. The Morgan fingerprint density at radius 1 is 1.17 bits per heavy atom. The summed E-state index contributed by atoms with van der Waals surface area (Å²) in [6, 6.07) is 13.1. The predicted octanol–water partition coefficient (Wildman–Crippen LogP) is 2.98. The Kier molecular flexibility index (Phi) is 4.37. The smallest absolute Gasteiger partial charge is 0.258 e. The minimum absolute atomic E-state index is 0.0159. The van der Waals surface area contributed by atoms with Gasteiger partial charge in [-0.25, -0.2) is 0 Å². The summed E-state index contributed by atoms with van der Waals surface area (Å²) < 4.78 is 16.1. The Morgan fingerprint density at radius 3 is 2.70 bits per heavy atom. The zero-order chi connectivity index (χ0) is 16.2. The van der Waals surface area contributed by atoms with Crippen molar-refractivity contribution in [2.45, 2.75) is 19.9 Å². The first-order chi connectivity index (χ1) is 11.1. The van der Waals surface area contributed by atoms with Gasteiger partial charge in [0.15, 0.2) is 18.1 Å². The molecule has 23 heavy (non-hydrogen) atoms. The molecule has 1 unspecified atom stereocenters. The van der Waals surface area contributed by atoms with Gasteiger partial charge in [0.2, 0.25) is 6.79 Å². The van der Waals surface area contributed by atoms with E-state index in [-0.39, 0.29) is 25.3 Å². The number of carbonyl (C=O) groups is 1. The average molecular weight is 313 g/mol. The minimum atomic E-state index is -0.171. The van der Waals surface area contributed by atoms with Crippen molar-refractivity contribution in [1.82, 2.24) is 5.32 Å². The standard InChI is InChI=1S/C18H19NO4/c1-12-3-6-15(7-4-12)21-10-18(20)19-13(2)14-5-8-16-17(9-14)23-11-22-16/h3-9,13H,10-11H2,1-2H3,(H,19,20). The SMILES string of the molecule is Cc1ccc(OCC(=O)NC(C)c2ccc3c(c2)OCO3)cc1. The third kappa shape index (κ3) is 3.74. The first-order valence-electron chi connectivity index (χ1n) is 7.50. The lowest BCUT2D eigenvalue weighted by Crippen LogP contribution is -2.31. The van der Waals surface area contributed by atoms with E-state index >= 15 is 0 Å². The molecule has 3 rings (SSSR count). The average Bonchev–Trinajstić information content (AvgIpc) is 3.02. The van der Waals surface area contributed by atoms with Gasteiger partial charge in [-0.05, 0) is 43.7 Å². The topological polar surface area (TPSA) is 56.8 Å². The molecule has 120 valence electrons. The molecule has 1 aliphatic heterocycles. The van der Waals surface area contributed by atoms with Gasteiger partial charge >= 0.3 is 0 Å². The van der Waals surface area contributed by atoms with Crippen molar-refractivity contribution in [3.05, 3.63) is 53.6 Å². The summed E-state index contributed by atoms with van der Waals surface area (Å²) in [6.45, 7) is 4.15. The summed E-state index contributed by atoms with van der Waals surface area (Å²) in [6.07, 6.45) is 0. The van der Waals surface area contributed by atoms with Gasteiger partial charge in [0.1, 0.15) is 5.75 Å². The van der Waals surface area contributed by atoms with Crippen molar-refractivity contribution >= 4 is 5.91 Å². The molecule has 0 spiro atoms. The lowest BCUT2D eigenvalue weighted by Gasteiger charge is -2.15. The van der Waals surface area contributed by atoms with E-state index in [2.05, 4.69) is 5.32 Å². The maximum atomic E-state index is 12.0. The van der Waals surface area contributed by atoms with E-state index in [1.54, 1.807) is 0 Å². The number of carbonyl (C=O) groups excluding carboxylic acids is 1. The Bertz CT molecular complexity index is 697. The minimum Gasteiger partial charge on any atom is -0.484 e. The number of hydrogen-bond donors (Lipinski definition) is 1. The zero-order valence-corrected chi connectivity index (χ0v) is 13.2. The molecular weight excluding hydrogens is 294 g/mol. The van der Waals surface area contributed by atoms with E-state index < -0.39 is 0 Å². The maximum Gasteiger partial charge on any atom is 0.258 e. The van der Waals surface area contributed by atoms with Gasteiger partial charge in [-0.3, -0.25) is 4.79 Å². The van der Waals surface area contributed by atoms with Crippen molar-refractivity contribution < 1.29 is 19.0 Å². The highest BCUT2D eigenvalue weighted by Gasteiger charge is 2.17. The number of hydrogen-bond acceptors (Lipinski definition) is 4. The fraction of sp³-hybridized carbons (Fsp3) is 0.278. The number of rotatable bonds is 5. The van der Waals surface area contributed by atoms with Gasteiger partial charge in [0, 0.05) is 0 Å². The normalized spacial score (nSPS) is 13.5. The van der Waals surface area contributed by atoms with Crippen molar-refractivity contribution in [3.63, 3.8) is 0 Å². The molecule has 5 heteroatoms. The van der Waals surface area contributed by atoms with E-state index in [4.69, 9.17) is 14.2 Å². The highest BCUT2D eigenvalue weighted by molar-refractivity contribution is 5.78. The summed E-state index contributed by atoms with van der Waals surface area (Å²) in [5.41, 5.74) is 2.11. The summed E-state index contributed by atoms with van der Waals surface area (Å²) in [4.78, 5) is 12.0. The lowest BCUT2D eigenvalue weighted by molar-refractivity contribution is -0.123. The van der Waals surface area contributed by atoms with Gasteiger partial charge in [-0.15, -0.1) is 0 Å². The summed E-state index contributed by atoms with van der Waals surface area (Å²) in [5.74, 6) is 1.95. The van der Waals surface area contributed by atoms with E-state index in [1.165, 1.54) is 0 Å². The number of benzene rings is 2. The lowest BCUT2D eigenvalue weighted by atomic mass is 10.1. The molecule has 0 fully saturated rings. The molecule has 1 aliphatic rings. The first-order valence-corrected chi connectivity index (χ1v) is 7.50. The van der Waals surface area contributed by atoms with Crippen LogP contribution in [0.25, 0.3) is 0 Å². The molecule has 0 aliphatic carbocycles. The number of fused-ring (bicyclic) bond motifs is 1. The van der Waals surface area contributed by atoms with Crippen LogP contribution in [0.15, 0.2) is 42.5 Å². The van der Waals surface area contributed by atoms with Gasteiger partial charge in [-0.1, -0.05) is 23.8 Å². The van der Waals surface area contributed by atoms with Crippen molar-refractivity contribution in [2.24, 2.45) is 0 Å². The van der Waals surface area contributed by atoms with Crippen LogP contribution in [0.3, 0.4) is 0 Å². The molecule has 0 saturated carbocycles. The summed E-state index contributed by atoms with van der Waals surface area (Å²) in [7, 11) is 0. The van der Waals surface area contributed by atoms with Gasteiger partial charge in [0.25, 0.3) is 5.91 Å². The Hall–Kier alpha value is -2.69. The number of ether oxygens (including phenoxy) is 3. The van der Waals surface area contributed by atoms with Crippen LogP contribution in [0.1, 0.15) is 24.1 Å². The highest BCUT2D eigenvalue weighted by Crippen LogP contribution is 2.34. The largest absolute Gasteiger partial charge is 0.484 e. The third-order valence-corrected chi connectivity index (χ3v) is 3.67. The number of amides is 1. The fourth-order valence-corrected chi connectivity index (χ4v) is 2.33. The van der Waals surface area contributed by atoms with Crippen LogP contribution in [0.4, 0.5) is 0 Å².